The number of carbonyl (C=O) groups is 2. The molecule has 9 heteroatoms. The lowest BCUT2D eigenvalue weighted by Crippen LogP contribution is -2.33. The van der Waals surface area contributed by atoms with Crippen LogP contribution in [0.4, 0.5) is 10.5 Å². The second kappa shape index (κ2) is 6.04. The number of nitrogens with two attached hydrogens (primary N) is 1. The number of hydrazone groups is 1. The van der Waals surface area contributed by atoms with Crippen LogP contribution in [0.15, 0.2) is 51.5 Å². The van der Waals surface area contributed by atoms with E-state index in [9.17, 15) is 19.7 Å². The summed E-state index contributed by atoms with van der Waals surface area (Å²) in [4.78, 5) is 33.6. The molecule has 1 aromatic heterocycles. The number of furan rings is 1. The van der Waals surface area contributed by atoms with E-state index in [1.54, 1.807) is 31.2 Å². The molecular weight excluding hydrogens is 328 g/mol. The molecule has 9 nitrogen and oxygen atoms in total. The van der Waals surface area contributed by atoms with E-state index in [4.69, 9.17) is 10.2 Å². The van der Waals surface area contributed by atoms with Gasteiger partial charge in [-0.2, -0.15) is 5.10 Å². The van der Waals surface area contributed by atoms with E-state index >= 15 is 0 Å². The van der Waals surface area contributed by atoms with Gasteiger partial charge in [0.15, 0.2) is 0 Å². The normalized spacial score (nSPS) is 15.6. The first kappa shape index (κ1) is 16.1. The Morgan fingerprint density at radius 3 is 2.76 bits per heavy atom. The Morgan fingerprint density at radius 1 is 1.36 bits per heavy atom. The molecule has 0 aliphatic carbocycles. The molecule has 0 saturated carbocycles. The molecule has 0 radical (unpaired) electrons. The van der Waals surface area contributed by atoms with Crippen molar-refractivity contribution in [2.24, 2.45) is 10.8 Å². The molecular formula is C16H12N4O5. The molecule has 1 aliphatic rings. The molecule has 3 rings (SSSR count). The Morgan fingerprint density at radius 2 is 2.12 bits per heavy atom. The van der Waals surface area contributed by atoms with Crippen LogP contribution in [0.1, 0.15) is 12.7 Å². The van der Waals surface area contributed by atoms with Gasteiger partial charge in [0.1, 0.15) is 11.5 Å². The minimum Gasteiger partial charge on any atom is -0.457 e. The summed E-state index contributed by atoms with van der Waals surface area (Å²) in [6, 6.07) is 8.26. The zero-order valence-corrected chi connectivity index (χ0v) is 13.0. The Kier molecular flexibility index (Phi) is 3.89. The summed E-state index contributed by atoms with van der Waals surface area (Å²) in [6.45, 7) is 1.57. The lowest BCUT2D eigenvalue weighted by atomic mass is 10.1. The van der Waals surface area contributed by atoms with Crippen molar-refractivity contribution in [3.63, 3.8) is 0 Å². The fourth-order valence-corrected chi connectivity index (χ4v) is 2.33. The highest BCUT2D eigenvalue weighted by molar-refractivity contribution is 6.29. The molecule has 25 heavy (non-hydrogen) atoms. The number of urea groups is 1. The number of imide groups is 1. The van der Waals surface area contributed by atoms with Crippen LogP contribution in [-0.4, -0.2) is 27.6 Å². The van der Waals surface area contributed by atoms with E-state index in [-0.39, 0.29) is 11.3 Å². The van der Waals surface area contributed by atoms with Crippen molar-refractivity contribution in [3.05, 3.63) is 57.8 Å². The number of primary amides is 1. The fourth-order valence-electron chi connectivity index (χ4n) is 2.33. The molecule has 0 bridgehead atoms. The van der Waals surface area contributed by atoms with Crippen molar-refractivity contribution in [3.8, 4) is 11.3 Å². The molecule has 0 fully saturated rings. The number of nitrogens with zero attached hydrogens (tertiary/aromatic N) is 3. The second-order valence-electron chi connectivity index (χ2n) is 5.21. The van der Waals surface area contributed by atoms with E-state index in [0.29, 0.717) is 27.8 Å². The van der Waals surface area contributed by atoms with Crippen LogP contribution >= 0.6 is 0 Å². The van der Waals surface area contributed by atoms with Crippen LogP contribution < -0.4 is 5.73 Å². The molecule has 1 aromatic carbocycles. The van der Waals surface area contributed by atoms with Gasteiger partial charge in [0, 0.05) is 17.7 Å². The summed E-state index contributed by atoms with van der Waals surface area (Å²) in [5.41, 5.74) is 6.06. The molecule has 2 heterocycles. The van der Waals surface area contributed by atoms with Gasteiger partial charge in [-0.25, -0.2) is 4.79 Å². The van der Waals surface area contributed by atoms with E-state index < -0.39 is 16.9 Å². The minimum atomic E-state index is -0.968. The number of nitro benzene ring substituents is 1. The van der Waals surface area contributed by atoms with Crippen LogP contribution in [0.5, 0.6) is 0 Å². The summed E-state index contributed by atoms with van der Waals surface area (Å²) in [5.74, 6) is 0.103. The van der Waals surface area contributed by atoms with E-state index in [1.165, 1.54) is 18.2 Å². The molecule has 126 valence electrons. The number of amides is 3. The highest BCUT2D eigenvalue weighted by Gasteiger charge is 2.31. The largest absolute Gasteiger partial charge is 0.457 e. The van der Waals surface area contributed by atoms with Crippen LogP contribution in [0.3, 0.4) is 0 Å². The van der Waals surface area contributed by atoms with Gasteiger partial charge in [0.05, 0.1) is 16.2 Å². The van der Waals surface area contributed by atoms with Crippen LogP contribution in [-0.2, 0) is 4.79 Å². The Labute approximate surface area is 141 Å². The van der Waals surface area contributed by atoms with Gasteiger partial charge < -0.3 is 10.2 Å². The number of hydrogen-bond acceptors (Lipinski definition) is 6. The number of nitro groups is 1. The predicted molar refractivity (Wildman–Crippen MR) is 88.3 cm³/mol. The van der Waals surface area contributed by atoms with Crippen molar-refractivity contribution in [1.82, 2.24) is 5.01 Å². The summed E-state index contributed by atoms with van der Waals surface area (Å²) in [6.07, 6.45) is 1.44. The van der Waals surface area contributed by atoms with Crippen LogP contribution in [0.25, 0.3) is 17.4 Å². The van der Waals surface area contributed by atoms with Gasteiger partial charge in [-0.15, -0.1) is 5.01 Å². The third kappa shape index (κ3) is 3.02. The minimum absolute atomic E-state index is 0.0557. The number of non-ortho nitro benzene ring substituents is 1. The monoisotopic (exact) mass is 340 g/mol. The average molecular weight is 340 g/mol. The van der Waals surface area contributed by atoms with E-state index in [0.717, 1.165) is 0 Å². The zero-order chi connectivity index (χ0) is 18.1. The van der Waals surface area contributed by atoms with Crippen LogP contribution in [0, 0.1) is 10.1 Å². The predicted octanol–water partition coefficient (Wildman–Crippen LogP) is 2.54. The van der Waals surface area contributed by atoms with E-state index in [1.807, 2.05) is 0 Å². The third-order valence-corrected chi connectivity index (χ3v) is 3.53. The van der Waals surface area contributed by atoms with Crippen molar-refractivity contribution >= 4 is 29.4 Å². The zero-order valence-electron chi connectivity index (χ0n) is 13.0. The summed E-state index contributed by atoms with van der Waals surface area (Å²) >= 11 is 0. The average Bonchev–Trinajstić information content (AvgIpc) is 3.15. The first-order chi connectivity index (χ1) is 11.9. The Bertz CT molecular complexity index is 957. The maximum atomic E-state index is 12.1. The van der Waals surface area contributed by atoms with Crippen molar-refractivity contribution in [1.29, 1.82) is 0 Å². The highest BCUT2D eigenvalue weighted by Crippen LogP contribution is 2.27. The van der Waals surface area contributed by atoms with Gasteiger partial charge >= 0.3 is 6.03 Å². The standard InChI is InChI=1S/C16H12N4O5/c1-9-13(15(21)19(18-9)16(17)22)8-12-5-6-14(25-12)10-3-2-4-11(7-10)20(23)24/h2-8H,1H3,(H2,17,22)/b13-8+. The molecule has 3 amide bonds. The van der Waals surface area contributed by atoms with Gasteiger partial charge in [0.25, 0.3) is 11.6 Å². The Hall–Kier alpha value is -3.75. The SMILES string of the molecule is CC1=NN(C(N)=O)C(=O)/C1=C/c1ccc(-c2cccc([N+](=O)[O-])c2)o1. The number of benzene rings is 1. The fraction of sp³-hybridized carbons (Fsp3) is 0.0625. The second-order valence-corrected chi connectivity index (χ2v) is 5.21. The lowest BCUT2D eigenvalue weighted by Gasteiger charge is -2.03. The molecule has 2 aromatic rings. The maximum Gasteiger partial charge on any atom is 0.342 e. The third-order valence-electron chi connectivity index (χ3n) is 3.53. The lowest BCUT2D eigenvalue weighted by molar-refractivity contribution is -0.384. The molecule has 0 atom stereocenters. The summed E-state index contributed by atoms with van der Waals surface area (Å²) < 4.78 is 5.62. The topological polar surface area (TPSA) is 132 Å². The smallest absolute Gasteiger partial charge is 0.342 e. The molecule has 0 saturated heterocycles. The molecule has 2 N–H and O–H groups in total. The summed E-state index contributed by atoms with van der Waals surface area (Å²) in [5, 5.41) is 15.2. The number of rotatable bonds is 3. The van der Waals surface area contributed by atoms with Gasteiger partial charge in [-0.05, 0) is 25.1 Å². The highest BCUT2D eigenvalue weighted by atomic mass is 16.6. The van der Waals surface area contributed by atoms with E-state index in [2.05, 4.69) is 5.10 Å². The van der Waals surface area contributed by atoms with Crippen molar-refractivity contribution < 1.29 is 18.9 Å². The number of hydrogen-bond donors (Lipinski definition) is 1. The molecule has 0 unspecified atom stereocenters. The van der Waals surface area contributed by atoms with Gasteiger partial charge in [-0.1, -0.05) is 12.1 Å². The quantitative estimate of drug-likeness (QED) is 0.521. The summed E-state index contributed by atoms with van der Waals surface area (Å²) in [7, 11) is 0. The molecule has 1 aliphatic heterocycles. The first-order valence-corrected chi connectivity index (χ1v) is 7.12. The first-order valence-electron chi connectivity index (χ1n) is 7.12. The molecule has 0 spiro atoms. The van der Waals surface area contributed by atoms with Crippen molar-refractivity contribution in [2.75, 3.05) is 0 Å². The van der Waals surface area contributed by atoms with Gasteiger partial charge in [0.2, 0.25) is 0 Å². The van der Waals surface area contributed by atoms with Gasteiger partial charge in [-0.3, -0.25) is 14.9 Å². The van der Waals surface area contributed by atoms with Crippen LogP contribution in [0.2, 0.25) is 0 Å². The number of carbonyl (C=O) groups excluding carboxylic acids is 2. The Balaban J connectivity index is 1.91. The van der Waals surface area contributed by atoms with Crippen molar-refractivity contribution in [2.45, 2.75) is 6.92 Å². The maximum absolute atomic E-state index is 12.1.